The van der Waals surface area contributed by atoms with Gasteiger partial charge in [-0.2, -0.15) is 0 Å². The topological polar surface area (TPSA) is 42.0 Å². The molecule has 0 fully saturated rings. The molecule has 0 spiro atoms. The van der Waals surface area contributed by atoms with Crippen LogP contribution in [-0.2, 0) is 0 Å². The van der Waals surface area contributed by atoms with Gasteiger partial charge in [-0.15, -0.1) is 11.3 Å². The first-order valence-electron chi connectivity index (χ1n) is 5.49. The lowest BCUT2D eigenvalue weighted by molar-refractivity contribution is 0.102. The maximum atomic E-state index is 12.1. The number of aromatic nitrogens is 1. The summed E-state index contributed by atoms with van der Waals surface area (Å²) < 4.78 is 0.788. The summed E-state index contributed by atoms with van der Waals surface area (Å²) in [6, 6.07) is 5.69. The van der Waals surface area contributed by atoms with Crippen molar-refractivity contribution in [2.45, 2.75) is 20.8 Å². The van der Waals surface area contributed by atoms with Crippen LogP contribution in [0, 0.1) is 20.8 Å². The second-order valence-electron chi connectivity index (χ2n) is 4.10. The molecule has 2 rings (SSSR count). The Morgan fingerprint density at radius 3 is 2.67 bits per heavy atom. The summed E-state index contributed by atoms with van der Waals surface area (Å²) in [5.74, 6) is -0.140. The van der Waals surface area contributed by atoms with E-state index in [1.807, 2.05) is 39.0 Å². The third-order valence-electron chi connectivity index (χ3n) is 2.62. The fraction of sp³-hybridized carbons (Fsp3) is 0.231. The van der Waals surface area contributed by atoms with Crippen LogP contribution in [0.25, 0.3) is 0 Å². The molecular weight excluding hydrogens is 312 g/mol. The molecule has 0 atom stereocenters. The van der Waals surface area contributed by atoms with Gasteiger partial charge in [0.05, 0.1) is 11.3 Å². The Kier molecular flexibility index (Phi) is 3.82. The number of nitrogens with one attached hydrogen (secondary N) is 1. The minimum atomic E-state index is -0.140. The second kappa shape index (κ2) is 5.20. The van der Waals surface area contributed by atoms with Gasteiger partial charge in [-0.05, 0) is 48.8 Å². The van der Waals surface area contributed by atoms with E-state index in [9.17, 15) is 4.79 Å². The lowest BCUT2D eigenvalue weighted by atomic mass is 10.1. The van der Waals surface area contributed by atoms with E-state index in [-0.39, 0.29) is 5.91 Å². The maximum Gasteiger partial charge on any atom is 0.258 e. The highest BCUT2D eigenvalue weighted by molar-refractivity contribution is 9.10. The Morgan fingerprint density at radius 1 is 1.33 bits per heavy atom. The van der Waals surface area contributed by atoms with Crippen molar-refractivity contribution < 1.29 is 4.79 Å². The smallest absolute Gasteiger partial charge is 0.258 e. The number of aryl methyl sites for hydroxylation is 3. The lowest BCUT2D eigenvalue weighted by Gasteiger charge is -2.05. The number of hydrogen-bond donors (Lipinski definition) is 1. The summed E-state index contributed by atoms with van der Waals surface area (Å²) in [5, 5.41) is 3.47. The van der Waals surface area contributed by atoms with Crippen LogP contribution in [0.2, 0.25) is 0 Å². The lowest BCUT2D eigenvalue weighted by Crippen LogP contribution is -2.12. The molecule has 2 aromatic rings. The molecule has 0 aliphatic heterocycles. The number of halogens is 1. The number of amides is 1. The normalized spacial score (nSPS) is 10.4. The molecule has 0 saturated heterocycles. The summed E-state index contributed by atoms with van der Waals surface area (Å²) in [4.78, 5) is 17.6. The van der Waals surface area contributed by atoms with Crippen LogP contribution in [0.1, 0.15) is 26.5 Å². The summed E-state index contributed by atoms with van der Waals surface area (Å²) in [6.45, 7) is 5.89. The molecular formula is C13H13BrN2OS. The van der Waals surface area contributed by atoms with E-state index in [2.05, 4.69) is 26.2 Å². The Morgan fingerprint density at radius 2 is 2.06 bits per heavy atom. The van der Waals surface area contributed by atoms with Crippen LogP contribution < -0.4 is 5.32 Å². The summed E-state index contributed by atoms with van der Waals surface area (Å²) in [6.07, 6.45) is 0. The fourth-order valence-corrected chi connectivity index (χ4v) is 2.74. The standard InChI is InChI=1S/C13H13BrN2OS/c1-7-4-5-11(14)10(6-7)12(17)16-13-15-8(2)9(3)18-13/h4-6H,1-3H3,(H,15,16,17). The Hall–Kier alpha value is -1.20. The summed E-state index contributed by atoms with van der Waals surface area (Å²) in [7, 11) is 0. The van der Waals surface area contributed by atoms with Crippen molar-refractivity contribution in [2.75, 3.05) is 5.32 Å². The number of thiazole rings is 1. The van der Waals surface area contributed by atoms with Crippen LogP contribution in [-0.4, -0.2) is 10.9 Å². The summed E-state index contributed by atoms with van der Waals surface area (Å²) >= 11 is 4.88. The first-order chi connectivity index (χ1) is 8.47. The first-order valence-corrected chi connectivity index (χ1v) is 7.10. The van der Waals surface area contributed by atoms with Gasteiger partial charge in [0.2, 0.25) is 0 Å². The fourth-order valence-electron chi connectivity index (χ4n) is 1.50. The molecule has 0 radical (unpaired) electrons. The van der Waals surface area contributed by atoms with E-state index < -0.39 is 0 Å². The number of hydrogen-bond acceptors (Lipinski definition) is 3. The Bertz CT molecular complexity index is 588. The van der Waals surface area contributed by atoms with Gasteiger partial charge in [0.15, 0.2) is 5.13 Å². The predicted molar refractivity (Wildman–Crippen MR) is 78.4 cm³/mol. The van der Waals surface area contributed by atoms with E-state index >= 15 is 0 Å². The van der Waals surface area contributed by atoms with Crippen molar-refractivity contribution >= 4 is 38.3 Å². The van der Waals surface area contributed by atoms with Gasteiger partial charge in [-0.25, -0.2) is 4.98 Å². The highest BCUT2D eigenvalue weighted by Crippen LogP contribution is 2.23. The predicted octanol–water partition coefficient (Wildman–Crippen LogP) is 4.08. The minimum absolute atomic E-state index is 0.140. The molecule has 0 bridgehead atoms. The average molecular weight is 325 g/mol. The first kappa shape index (κ1) is 13.2. The maximum absolute atomic E-state index is 12.1. The molecule has 0 aliphatic rings. The Labute approximate surface area is 118 Å². The zero-order valence-electron chi connectivity index (χ0n) is 10.4. The van der Waals surface area contributed by atoms with Crippen LogP contribution in [0.4, 0.5) is 5.13 Å². The molecule has 1 amide bonds. The van der Waals surface area contributed by atoms with Crippen LogP contribution in [0.3, 0.4) is 0 Å². The molecule has 1 aromatic heterocycles. The molecule has 0 aliphatic carbocycles. The third-order valence-corrected chi connectivity index (χ3v) is 4.30. The molecule has 1 heterocycles. The van der Waals surface area contributed by atoms with Crippen molar-refractivity contribution in [2.24, 2.45) is 0 Å². The number of carbonyl (C=O) groups excluding carboxylic acids is 1. The highest BCUT2D eigenvalue weighted by Gasteiger charge is 2.13. The van der Waals surface area contributed by atoms with Crippen molar-refractivity contribution in [3.63, 3.8) is 0 Å². The third kappa shape index (κ3) is 2.79. The number of carbonyl (C=O) groups is 1. The van der Waals surface area contributed by atoms with Gasteiger partial charge < -0.3 is 0 Å². The number of nitrogens with zero attached hydrogens (tertiary/aromatic N) is 1. The van der Waals surface area contributed by atoms with Gasteiger partial charge in [-0.1, -0.05) is 11.6 Å². The molecule has 3 nitrogen and oxygen atoms in total. The van der Waals surface area contributed by atoms with Crippen molar-refractivity contribution in [3.8, 4) is 0 Å². The van der Waals surface area contributed by atoms with Gasteiger partial charge in [-0.3, -0.25) is 10.1 Å². The number of anilines is 1. The molecule has 5 heteroatoms. The molecule has 18 heavy (non-hydrogen) atoms. The SMILES string of the molecule is Cc1ccc(Br)c(C(=O)Nc2nc(C)c(C)s2)c1. The van der Waals surface area contributed by atoms with Crippen LogP contribution >= 0.6 is 27.3 Å². The van der Waals surface area contributed by atoms with E-state index in [1.165, 1.54) is 11.3 Å². The molecule has 1 N–H and O–H groups in total. The average Bonchev–Trinajstić information content (AvgIpc) is 2.61. The van der Waals surface area contributed by atoms with Crippen LogP contribution in [0.5, 0.6) is 0 Å². The van der Waals surface area contributed by atoms with E-state index in [0.29, 0.717) is 10.7 Å². The van der Waals surface area contributed by atoms with Crippen molar-refractivity contribution in [1.29, 1.82) is 0 Å². The quantitative estimate of drug-likeness (QED) is 0.904. The molecule has 0 unspecified atom stereocenters. The van der Waals surface area contributed by atoms with Crippen molar-refractivity contribution in [3.05, 3.63) is 44.4 Å². The molecule has 1 aromatic carbocycles. The summed E-state index contributed by atoms with van der Waals surface area (Å²) in [5.41, 5.74) is 2.63. The minimum Gasteiger partial charge on any atom is -0.298 e. The number of benzene rings is 1. The van der Waals surface area contributed by atoms with Gasteiger partial charge in [0.25, 0.3) is 5.91 Å². The zero-order valence-corrected chi connectivity index (χ0v) is 12.8. The van der Waals surface area contributed by atoms with Gasteiger partial charge in [0.1, 0.15) is 0 Å². The number of rotatable bonds is 2. The van der Waals surface area contributed by atoms with Gasteiger partial charge >= 0.3 is 0 Å². The van der Waals surface area contributed by atoms with E-state index in [0.717, 1.165) is 20.6 Å². The monoisotopic (exact) mass is 324 g/mol. The Balaban J connectivity index is 2.24. The van der Waals surface area contributed by atoms with Crippen molar-refractivity contribution in [1.82, 2.24) is 4.98 Å². The van der Waals surface area contributed by atoms with Crippen LogP contribution in [0.15, 0.2) is 22.7 Å². The molecule has 94 valence electrons. The molecule has 0 saturated carbocycles. The van der Waals surface area contributed by atoms with E-state index in [4.69, 9.17) is 0 Å². The van der Waals surface area contributed by atoms with E-state index in [1.54, 1.807) is 0 Å². The zero-order chi connectivity index (χ0) is 13.3. The highest BCUT2D eigenvalue weighted by atomic mass is 79.9. The van der Waals surface area contributed by atoms with Gasteiger partial charge in [0, 0.05) is 9.35 Å². The largest absolute Gasteiger partial charge is 0.298 e. The second-order valence-corrected chi connectivity index (χ2v) is 6.16.